The molecule has 0 amide bonds. The summed E-state index contributed by atoms with van der Waals surface area (Å²) in [5.74, 6) is 0. The van der Waals surface area contributed by atoms with Gasteiger partial charge in [-0.25, -0.2) is 8.42 Å². The van der Waals surface area contributed by atoms with Gasteiger partial charge in [0.1, 0.15) is 0 Å². The van der Waals surface area contributed by atoms with Gasteiger partial charge in [-0.05, 0) is 26.5 Å². The number of nitrogens with one attached hydrogen (secondary N) is 3. The number of aromatic amines is 1. The molecule has 0 saturated carbocycles. The first-order chi connectivity index (χ1) is 9.44. The molecular formula is C12H18N4O2S2. The van der Waals surface area contributed by atoms with Crippen LogP contribution in [0, 0.1) is 13.8 Å². The topological polar surface area (TPSA) is 86.9 Å². The van der Waals surface area contributed by atoms with E-state index < -0.39 is 10.0 Å². The van der Waals surface area contributed by atoms with Crippen LogP contribution in [0.2, 0.25) is 0 Å². The summed E-state index contributed by atoms with van der Waals surface area (Å²) < 4.78 is 27.2. The molecule has 2 rings (SSSR count). The summed E-state index contributed by atoms with van der Waals surface area (Å²) in [7, 11) is -3.56. The third-order valence-electron chi connectivity index (χ3n) is 2.85. The van der Waals surface area contributed by atoms with Crippen molar-refractivity contribution in [2.24, 2.45) is 0 Å². The highest BCUT2D eigenvalue weighted by atomic mass is 32.2. The lowest BCUT2D eigenvalue weighted by Gasteiger charge is -2.06. The zero-order valence-corrected chi connectivity index (χ0v) is 13.3. The number of nitrogens with zero attached hydrogens (tertiary/aromatic N) is 1. The molecule has 0 aliphatic rings. The predicted octanol–water partition coefficient (Wildman–Crippen LogP) is 2.00. The normalized spacial score (nSPS) is 11.8. The Morgan fingerprint density at radius 2 is 2.15 bits per heavy atom. The van der Waals surface area contributed by atoms with Crippen LogP contribution in [0.25, 0.3) is 0 Å². The first kappa shape index (κ1) is 15.0. The number of aromatic nitrogens is 2. The lowest BCUT2D eigenvalue weighted by atomic mass is 10.3. The van der Waals surface area contributed by atoms with E-state index in [1.54, 1.807) is 25.3 Å². The standard InChI is InChI=1S/C12H18N4O2S2/c1-4-13-6-10-5-11(7-19-10)20(17,18)16-12-8(2)14-15-9(12)3/h5,7,13,16H,4,6H2,1-3H3,(H,14,15). The van der Waals surface area contributed by atoms with E-state index in [1.165, 1.54) is 11.3 Å². The Hall–Kier alpha value is -1.38. The molecule has 20 heavy (non-hydrogen) atoms. The van der Waals surface area contributed by atoms with Crippen molar-refractivity contribution in [2.45, 2.75) is 32.2 Å². The molecule has 2 aromatic rings. The monoisotopic (exact) mass is 314 g/mol. The SMILES string of the molecule is CCNCc1cc(S(=O)(=O)Nc2c(C)n[nH]c2C)cs1. The second kappa shape index (κ2) is 5.94. The van der Waals surface area contributed by atoms with Crippen molar-refractivity contribution in [1.29, 1.82) is 0 Å². The minimum absolute atomic E-state index is 0.287. The highest BCUT2D eigenvalue weighted by molar-refractivity contribution is 7.92. The van der Waals surface area contributed by atoms with E-state index in [0.29, 0.717) is 23.6 Å². The zero-order chi connectivity index (χ0) is 14.8. The third-order valence-corrected chi connectivity index (χ3v) is 5.27. The molecular weight excluding hydrogens is 296 g/mol. The van der Waals surface area contributed by atoms with Crippen LogP contribution in [0.1, 0.15) is 23.2 Å². The number of H-pyrrole nitrogens is 1. The fourth-order valence-electron chi connectivity index (χ4n) is 1.74. The Kier molecular flexibility index (Phi) is 4.46. The minimum Gasteiger partial charge on any atom is -0.312 e. The maximum absolute atomic E-state index is 12.3. The van der Waals surface area contributed by atoms with Crippen LogP contribution < -0.4 is 10.0 Å². The Balaban J connectivity index is 2.20. The number of anilines is 1. The van der Waals surface area contributed by atoms with Crippen LogP contribution in [0.3, 0.4) is 0 Å². The molecule has 110 valence electrons. The Labute approximate surface area is 122 Å². The maximum atomic E-state index is 12.3. The lowest BCUT2D eigenvalue weighted by molar-refractivity contribution is 0.601. The smallest absolute Gasteiger partial charge is 0.262 e. The minimum atomic E-state index is -3.56. The summed E-state index contributed by atoms with van der Waals surface area (Å²) in [4.78, 5) is 1.28. The largest absolute Gasteiger partial charge is 0.312 e. The summed E-state index contributed by atoms with van der Waals surface area (Å²) in [6.07, 6.45) is 0. The van der Waals surface area contributed by atoms with Gasteiger partial charge in [0.2, 0.25) is 0 Å². The molecule has 8 heteroatoms. The molecule has 3 N–H and O–H groups in total. The van der Waals surface area contributed by atoms with Gasteiger partial charge >= 0.3 is 0 Å². The van der Waals surface area contributed by atoms with Crippen molar-refractivity contribution in [3.63, 3.8) is 0 Å². The van der Waals surface area contributed by atoms with Gasteiger partial charge in [0, 0.05) is 16.8 Å². The molecule has 2 aromatic heterocycles. The Bertz CT molecular complexity index is 669. The average Bonchev–Trinajstić information content (AvgIpc) is 2.99. The van der Waals surface area contributed by atoms with E-state index in [-0.39, 0.29) is 4.90 Å². The molecule has 0 fully saturated rings. The zero-order valence-electron chi connectivity index (χ0n) is 11.6. The summed E-state index contributed by atoms with van der Waals surface area (Å²) in [6, 6.07) is 1.69. The van der Waals surface area contributed by atoms with Gasteiger partial charge in [-0.15, -0.1) is 11.3 Å². The van der Waals surface area contributed by atoms with E-state index in [2.05, 4.69) is 20.2 Å². The van der Waals surface area contributed by atoms with Crippen LogP contribution in [0.4, 0.5) is 5.69 Å². The molecule has 0 aromatic carbocycles. The first-order valence-corrected chi connectivity index (χ1v) is 8.63. The number of thiophene rings is 1. The van der Waals surface area contributed by atoms with Gasteiger partial charge in [0.05, 0.1) is 22.0 Å². The molecule has 0 aliphatic heterocycles. The van der Waals surface area contributed by atoms with Crippen molar-refractivity contribution < 1.29 is 8.42 Å². The summed E-state index contributed by atoms with van der Waals surface area (Å²) in [5.41, 5.74) is 1.85. The van der Waals surface area contributed by atoms with Crippen molar-refractivity contribution >= 4 is 27.0 Å². The van der Waals surface area contributed by atoms with E-state index in [9.17, 15) is 8.42 Å². The van der Waals surface area contributed by atoms with Crippen molar-refractivity contribution in [1.82, 2.24) is 15.5 Å². The molecule has 0 radical (unpaired) electrons. The lowest BCUT2D eigenvalue weighted by Crippen LogP contribution is -2.13. The average molecular weight is 314 g/mol. The van der Waals surface area contributed by atoms with Crippen LogP contribution in [-0.4, -0.2) is 25.2 Å². The highest BCUT2D eigenvalue weighted by Gasteiger charge is 2.19. The number of hydrogen-bond acceptors (Lipinski definition) is 5. The van der Waals surface area contributed by atoms with Gasteiger partial charge in [-0.2, -0.15) is 5.10 Å². The summed E-state index contributed by atoms with van der Waals surface area (Å²) >= 11 is 1.43. The van der Waals surface area contributed by atoms with E-state index in [0.717, 1.165) is 11.4 Å². The van der Waals surface area contributed by atoms with E-state index in [1.807, 2.05) is 6.92 Å². The summed E-state index contributed by atoms with van der Waals surface area (Å²) in [5, 5.41) is 11.6. The van der Waals surface area contributed by atoms with Gasteiger partial charge in [0.15, 0.2) is 0 Å². The van der Waals surface area contributed by atoms with Crippen LogP contribution in [0.15, 0.2) is 16.3 Å². The maximum Gasteiger partial charge on any atom is 0.262 e. The van der Waals surface area contributed by atoms with Crippen molar-refractivity contribution in [2.75, 3.05) is 11.3 Å². The van der Waals surface area contributed by atoms with Gasteiger partial charge < -0.3 is 5.32 Å². The number of sulfonamides is 1. The highest BCUT2D eigenvalue weighted by Crippen LogP contribution is 2.24. The number of aryl methyl sites for hydroxylation is 2. The van der Waals surface area contributed by atoms with Gasteiger partial charge in [-0.3, -0.25) is 9.82 Å². The van der Waals surface area contributed by atoms with Crippen LogP contribution in [-0.2, 0) is 16.6 Å². The molecule has 0 atom stereocenters. The quantitative estimate of drug-likeness (QED) is 0.761. The molecule has 0 bridgehead atoms. The fourth-order valence-corrected chi connectivity index (χ4v) is 4.16. The second-order valence-corrected chi connectivity index (χ2v) is 7.12. The van der Waals surface area contributed by atoms with Gasteiger partial charge in [0.25, 0.3) is 10.0 Å². The number of hydrogen-bond donors (Lipinski definition) is 3. The van der Waals surface area contributed by atoms with Crippen molar-refractivity contribution in [3.8, 4) is 0 Å². The molecule has 0 unspecified atom stereocenters. The van der Waals surface area contributed by atoms with Crippen LogP contribution >= 0.6 is 11.3 Å². The second-order valence-electron chi connectivity index (χ2n) is 4.44. The van der Waals surface area contributed by atoms with Crippen LogP contribution in [0.5, 0.6) is 0 Å². The molecule has 0 spiro atoms. The Morgan fingerprint density at radius 1 is 1.40 bits per heavy atom. The van der Waals surface area contributed by atoms with Gasteiger partial charge in [-0.1, -0.05) is 6.92 Å². The van der Waals surface area contributed by atoms with E-state index >= 15 is 0 Å². The summed E-state index contributed by atoms with van der Waals surface area (Å²) in [6.45, 7) is 7.08. The third kappa shape index (κ3) is 3.20. The fraction of sp³-hybridized carbons (Fsp3) is 0.417. The Morgan fingerprint density at radius 3 is 2.75 bits per heavy atom. The molecule has 0 aliphatic carbocycles. The first-order valence-electron chi connectivity index (χ1n) is 6.26. The molecule has 6 nitrogen and oxygen atoms in total. The number of rotatable bonds is 6. The van der Waals surface area contributed by atoms with E-state index in [4.69, 9.17) is 0 Å². The van der Waals surface area contributed by atoms with Crippen molar-refractivity contribution in [3.05, 3.63) is 27.7 Å². The molecule has 0 saturated heterocycles. The molecule has 2 heterocycles. The predicted molar refractivity (Wildman–Crippen MR) is 80.6 cm³/mol.